The summed E-state index contributed by atoms with van der Waals surface area (Å²) in [5, 5.41) is 37.5. The molecule has 0 aliphatic carbocycles. The number of ether oxygens (including phenoxy) is 2. The molecule has 2 unspecified atom stereocenters. The standard InChI is InChI=1S/C21H25FN2O6S.C19H21FN2O7S/c1-14-12-16(22)5-4-15(14)13-30-17-6-8-18(9-7-17)31(28,29)24-11-3-10-21(2,26)19(24)20(25)23-27;1-19(2,18(25)21-26)22(12-11-17(23)24)30(27,28)16-9-7-15(8-10-16)29-14-5-3-13(20)4-6-14/h4-9,12,19,26-27H,3,10-11,13H2,1-2H3,(H,23,25);3-10,26H,11-12H2,1-2H3,(H,21,25)(H,23,24). The van der Waals surface area contributed by atoms with Gasteiger partial charge in [0.05, 0.1) is 21.8 Å². The topological polar surface area (TPSA) is 249 Å². The number of carbonyl (C=O) groups is 3. The van der Waals surface area contributed by atoms with E-state index in [1.165, 1.54) is 117 Å². The minimum atomic E-state index is -4.31. The molecule has 4 aromatic rings. The number of hydrogen-bond acceptors (Lipinski definition) is 12. The predicted octanol–water partition coefficient (Wildman–Crippen LogP) is 4.49. The number of carbonyl (C=O) groups excluding carboxylic acids is 2. The fourth-order valence-electron chi connectivity index (χ4n) is 6.32. The Hall–Kier alpha value is -5.55. The maximum atomic E-state index is 13.2. The quantitative estimate of drug-likeness (QED) is 0.0712. The number of nitrogens with zero attached hydrogens (tertiary/aromatic N) is 2. The van der Waals surface area contributed by atoms with Gasteiger partial charge in [0.2, 0.25) is 20.0 Å². The molecule has 0 bridgehead atoms. The second-order valence-electron chi connectivity index (χ2n) is 14.5. The van der Waals surface area contributed by atoms with Crippen molar-refractivity contribution in [2.24, 2.45) is 0 Å². The number of carboxylic acids is 1. The number of nitrogens with one attached hydrogen (secondary N) is 2. The van der Waals surface area contributed by atoms with E-state index in [4.69, 9.17) is 25.0 Å². The largest absolute Gasteiger partial charge is 0.489 e. The zero-order valence-electron chi connectivity index (χ0n) is 33.4. The molecule has 21 heteroatoms. The van der Waals surface area contributed by atoms with Crippen LogP contribution in [-0.2, 0) is 41.0 Å². The van der Waals surface area contributed by atoms with Gasteiger partial charge in [0.15, 0.2) is 0 Å². The first-order valence-corrected chi connectivity index (χ1v) is 21.3. The van der Waals surface area contributed by atoms with Crippen molar-refractivity contribution in [1.29, 1.82) is 0 Å². The Morgan fingerprint density at radius 1 is 0.852 bits per heavy atom. The lowest BCUT2D eigenvalue weighted by Crippen LogP contribution is -2.62. The van der Waals surface area contributed by atoms with E-state index in [1.807, 2.05) is 0 Å². The number of hydrogen-bond donors (Lipinski definition) is 6. The van der Waals surface area contributed by atoms with Gasteiger partial charge < -0.3 is 19.7 Å². The summed E-state index contributed by atoms with van der Waals surface area (Å²) >= 11 is 0. The molecule has 61 heavy (non-hydrogen) atoms. The average molecular weight is 893 g/mol. The highest BCUT2D eigenvalue weighted by Crippen LogP contribution is 2.33. The van der Waals surface area contributed by atoms with Gasteiger partial charge in [-0.25, -0.2) is 36.6 Å². The molecule has 0 radical (unpaired) electrons. The predicted molar refractivity (Wildman–Crippen MR) is 212 cm³/mol. The number of aliphatic carboxylic acids is 1. The molecule has 2 amide bonds. The molecular weight excluding hydrogens is 847 g/mol. The number of rotatable bonds is 15. The number of piperidine rings is 1. The van der Waals surface area contributed by atoms with E-state index in [2.05, 4.69) is 0 Å². The SMILES string of the molecule is CC(C)(C(=O)NO)N(CCC(=O)O)S(=O)(=O)c1ccc(Oc2ccc(F)cc2)cc1.Cc1cc(F)ccc1COc1ccc(S(=O)(=O)N2CCCC(C)(O)C2C(=O)NO)cc1. The van der Waals surface area contributed by atoms with Crippen LogP contribution in [0.2, 0.25) is 0 Å². The molecule has 5 rings (SSSR count). The monoisotopic (exact) mass is 892 g/mol. The number of aliphatic hydroxyl groups is 1. The first kappa shape index (κ1) is 48.1. The highest BCUT2D eigenvalue weighted by molar-refractivity contribution is 7.89. The molecule has 2 atom stereocenters. The number of aryl methyl sites for hydroxylation is 1. The smallest absolute Gasteiger partial charge is 0.304 e. The highest BCUT2D eigenvalue weighted by atomic mass is 32.2. The summed E-state index contributed by atoms with van der Waals surface area (Å²) in [5.41, 5.74) is 0.979. The Kier molecular flexibility index (Phi) is 15.7. The van der Waals surface area contributed by atoms with Gasteiger partial charge in [-0.05, 0) is 137 Å². The molecule has 0 saturated carbocycles. The molecule has 17 nitrogen and oxygen atoms in total. The third kappa shape index (κ3) is 11.8. The number of sulfonamides is 2. The lowest BCUT2D eigenvalue weighted by Gasteiger charge is -2.42. The molecule has 6 N–H and O–H groups in total. The van der Waals surface area contributed by atoms with E-state index in [1.54, 1.807) is 13.0 Å². The van der Waals surface area contributed by atoms with Gasteiger partial charge in [0.1, 0.15) is 47.1 Å². The van der Waals surface area contributed by atoms with Gasteiger partial charge >= 0.3 is 5.97 Å². The molecule has 0 aromatic heterocycles. The fraction of sp³-hybridized carbons (Fsp3) is 0.325. The second kappa shape index (κ2) is 19.9. The van der Waals surface area contributed by atoms with Gasteiger partial charge in [-0.3, -0.25) is 24.8 Å². The van der Waals surface area contributed by atoms with Gasteiger partial charge in [0.25, 0.3) is 11.8 Å². The maximum absolute atomic E-state index is 13.2. The molecule has 1 heterocycles. The van der Waals surface area contributed by atoms with Crippen molar-refractivity contribution in [2.45, 2.75) is 80.5 Å². The Bertz CT molecular complexity index is 2400. The number of halogens is 2. The molecule has 4 aromatic carbocycles. The van der Waals surface area contributed by atoms with E-state index < -0.39 is 73.8 Å². The minimum Gasteiger partial charge on any atom is -0.489 e. The van der Waals surface area contributed by atoms with Crippen molar-refractivity contribution >= 4 is 37.8 Å². The summed E-state index contributed by atoms with van der Waals surface area (Å²) in [6.45, 7) is 5.33. The number of benzene rings is 4. The molecular formula is C40H46F2N4O13S2. The van der Waals surface area contributed by atoms with Crippen LogP contribution in [0, 0.1) is 18.6 Å². The summed E-state index contributed by atoms with van der Waals surface area (Å²) in [6.07, 6.45) is 0.0273. The summed E-state index contributed by atoms with van der Waals surface area (Å²) in [5.74, 6) is -2.99. The van der Waals surface area contributed by atoms with Crippen LogP contribution in [0.15, 0.2) is 101 Å². The Morgan fingerprint density at radius 3 is 1.93 bits per heavy atom. The average Bonchev–Trinajstić information content (AvgIpc) is 3.20. The zero-order valence-corrected chi connectivity index (χ0v) is 35.0. The minimum absolute atomic E-state index is 0.0265. The van der Waals surface area contributed by atoms with Crippen LogP contribution in [0.1, 0.15) is 51.2 Å². The van der Waals surface area contributed by atoms with Crippen molar-refractivity contribution in [3.63, 3.8) is 0 Å². The molecule has 1 fully saturated rings. The van der Waals surface area contributed by atoms with Crippen LogP contribution in [0.3, 0.4) is 0 Å². The normalized spacial score (nSPS) is 17.1. The van der Waals surface area contributed by atoms with Crippen LogP contribution in [-0.4, -0.2) is 94.1 Å². The van der Waals surface area contributed by atoms with E-state index >= 15 is 0 Å². The van der Waals surface area contributed by atoms with E-state index in [0.717, 1.165) is 15.4 Å². The summed E-state index contributed by atoms with van der Waals surface area (Å²) in [4.78, 5) is 34.8. The summed E-state index contributed by atoms with van der Waals surface area (Å²) in [7, 11) is -8.44. The Morgan fingerprint density at radius 2 is 1.39 bits per heavy atom. The lowest BCUT2D eigenvalue weighted by molar-refractivity contribution is -0.145. The van der Waals surface area contributed by atoms with Crippen LogP contribution >= 0.6 is 0 Å². The van der Waals surface area contributed by atoms with Gasteiger partial charge in [-0.1, -0.05) is 6.07 Å². The third-order valence-electron chi connectivity index (χ3n) is 9.70. The van der Waals surface area contributed by atoms with Crippen molar-refractivity contribution < 1.29 is 70.1 Å². The van der Waals surface area contributed by atoms with Gasteiger partial charge in [-0.15, -0.1) is 0 Å². The van der Waals surface area contributed by atoms with Crippen LogP contribution in [0.5, 0.6) is 17.2 Å². The van der Waals surface area contributed by atoms with Gasteiger partial charge in [-0.2, -0.15) is 8.61 Å². The number of amides is 2. The van der Waals surface area contributed by atoms with Crippen molar-refractivity contribution in [2.75, 3.05) is 13.1 Å². The summed E-state index contributed by atoms with van der Waals surface area (Å²) < 4.78 is 91.5. The lowest BCUT2D eigenvalue weighted by atomic mass is 9.87. The van der Waals surface area contributed by atoms with Crippen molar-refractivity contribution in [3.8, 4) is 17.2 Å². The van der Waals surface area contributed by atoms with Gasteiger partial charge in [0, 0.05) is 13.1 Å². The number of hydroxylamine groups is 2. The fourth-order valence-corrected chi connectivity index (χ4v) is 9.79. The highest BCUT2D eigenvalue weighted by Gasteiger charge is 2.49. The maximum Gasteiger partial charge on any atom is 0.304 e. The van der Waals surface area contributed by atoms with Crippen LogP contribution in [0.4, 0.5) is 8.78 Å². The summed E-state index contributed by atoms with van der Waals surface area (Å²) in [6, 6.07) is 19.0. The number of carboxylic acid groups (broad SMARTS) is 1. The van der Waals surface area contributed by atoms with Crippen molar-refractivity contribution in [1.82, 2.24) is 19.6 Å². The molecule has 1 aliphatic rings. The van der Waals surface area contributed by atoms with Crippen LogP contribution < -0.4 is 20.4 Å². The third-order valence-corrected chi connectivity index (χ3v) is 13.7. The zero-order chi connectivity index (χ0) is 45.3. The molecule has 0 spiro atoms. The Balaban J connectivity index is 0.000000269. The molecule has 330 valence electrons. The van der Waals surface area contributed by atoms with E-state index in [0.29, 0.717) is 22.2 Å². The first-order chi connectivity index (χ1) is 28.5. The first-order valence-electron chi connectivity index (χ1n) is 18.4. The second-order valence-corrected chi connectivity index (χ2v) is 18.3. The van der Waals surface area contributed by atoms with Crippen molar-refractivity contribution in [3.05, 3.63) is 114 Å². The molecule has 1 aliphatic heterocycles. The Labute approximate surface area is 351 Å². The van der Waals surface area contributed by atoms with Crippen LogP contribution in [0.25, 0.3) is 0 Å². The molecule has 1 saturated heterocycles. The van der Waals surface area contributed by atoms with E-state index in [-0.39, 0.29) is 40.9 Å². The van der Waals surface area contributed by atoms with E-state index in [9.17, 15) is 45.1 Å².